The smallest absolute Gasteiger partial charge is 0.387 e. The van der Waals surface area contributed by atoms with Gasteiger partial charge in [0.05, 0.1) is 16.6 Å². The first-order valence-corrected chi connectivity index (χ1v) is 12.5. The summed E-state index contributed by atoms with van der Waals surface area (Å²) in [5.74, 6) is 0.0276. The highest BCUT2D eigenvalue weighted by atomic mass is 19.3. The van der Waals surface area contributed by atoms with Crippen molar-refractivity contribution >= 4 is 34.6 Å². The minimum absolute atomic E-state index is 0.0495. The Kier molecular flexibility index (Phi) is 6.99. The van der Waals surface area contributed by atoms with Crippen molar-refractivity contribution in [1.29, 1.82) is 0 Å². The number of benzene rings is 3. The number of amides is 1. The van der Waals surface area contributed by atoms with Gasteiger partial charge in [0.15, 0.2) is 0 Å². The van der Waals surface area contributed by atoms with E-state index in [1.807, 2.05) is 19.1 Å². The highest BCUT2D eigenvalue weighted by molar-refractivity contribution is 5.98. The summed E-state index contributed by atoms with van der Waals surface area (Å²) in [7, 11) is 4.11. The van der Waals surface area contributed by atoms with Crippen LogP contribution < -0.4 is 10.1 Å². The Morgan fingerprint density at radius 2 is 1.87 bits per heavy atom. The van der Waals surface area contributed by atoms with Gasteiger partial charge in [0.1, 0.15) is 5.75 Å². The van der Waals surface area contributed by atoms with Gasteiger partial charge < -0.3 is 15.0 Å². The van der Waals surface area contributed by atoms with Gasteiger partial charge in [-0.2, -0.15) is 13.9 Å². The van der Waals surface area contributed by atoms with Crippen LogP contribution in [0.25, 0.3) is 23.1 Å². The number of carbonyl (C=O) groups excluding carboxylic acids is 1. The second kappa shape index (κ2) is 10.4. The van der Waals surface area contributed by atoms with Crippen LogP contribution in [0.5, 0.6) is 5.75 Å². The molecule has 1 heterocycles. The van der Waals surface area contributed by atoms with Crippen molar-refractivity contribution in [3.8, 4) is 5.75 Å². The highest BCUT2D eigenvalue weighted by Gasteiger charge is 2.56. The van der Waals surface area contributed by atoms with E-state index >= 15 is 0 Å². The molecule has 196 valence electrons. The molecule has 0 radical (unpaired) electrons. The molecule has 0 saturated heterocycles. The lowest BCUT2D eigenvalue weighted by Crippen LogP contribution is -2.23. The van der Waals surface area contributed by atoms with Crippen LogP contribution in [0.15, 0.2) is 66.7 Å². The van der Waals surface area contributed by atoms with E-state index in [0.29, 0.717) is 5.69 Å². The van der Waals surface area contributed by atoms with Gasteiger partial charge in [-0.25, -0.2) is 0 Å². The second-order valence-electron chi connectivity index (χ2n) is 10.3. The number of halogens is 2. The number of nitrogens with zero attached hydrogens (tertiary/aromatic N) is 2. The zero-order valence-corrected chi connectivity index (χ0v) is 21.5. The van der Waals surface area contributed by atoms with Crippen LogP contribution in [-0.4, -0.2) is 41.7 Å². The molecule has 2 N–H and O–H groups in total. The fourth-order valence-electron chi connectivity index (χ4n) is 4.77. The standard InChI is InChI=1S/C30H30F2N4O2/c1-30(28(37)33-22-10-12-23(13-11-22)38-29(31)32)17-25(30)21-9-14-24-26(34-35-27(24)16-21)15-8-19-4-6-20(7-5-19)18-36(2)3/h4-16,25,29H,17-18H2,1-3H3,(H,33,37)(H,34,35)/b15-8+/t25-,30+/m0/s1. The molecule has 0 aliphatic heterocycles. The number of aromatic amines is 1. The van der Waals surface area contributed by atoms with Crippen LogP contribution in [0.3, 0.4) is 0 Å². The van der Waals surface area contributed by atoms with Crippen LogP contribution in [-0.2, 0) is 11.3 Å². The van der Waals surface area contributed by atoms with Gasteiger partial charge >= 0.3 is 6.61 Å². The lowest BCUT2D eigenvalue weighted by molar-refractivity contribution is -0.120. The molecule has 0 unspecified atom stereocenters. The molecule has 1 saturated carbocycles. The van der Waals surface area contributed by atoms with Crippen LogP contribution in [0.4, 0.5) is 14.5 Å². The molecule has 1 fully saturated rings. The minimum atomic E-state index is -2.88. The summed E-state index contributed by atoms with van der Waals surface area (Å²) in [5, 5.41) is 11.5. The maximum atomic E-state index is 13.0. The summed E-state index contributed by atoms with van der Waals surface area (Å²) in [4.78, 5) is 15.1. The molecule has 0 spiro atoms. The molecule has 6 nitrogen and oxygen atoms in total. The van der Waals surface area contributed by atoms with Crippen molar-refractivity contribution in [2.75, 3.05) is 19.4 Å². The average Bonchev–Trinajstić information content (AvgIpc) is 3.43. The minimum Gasteiger partial charge on any atom is -0.435 e. The van der Waals surface area contributed by atoms with Gasteiger partial charge in [-0.05, 0) is 79.5 Å². The summed E-state index contributed by atoms with van der Waals surface area (Å²) in [5.41, 5.74) is 5.22. The number of hydrogen-bond donors (Lipinski definition) is 2. The summed E-state index contributed by atoms with van der Waals surface area (Å²) in [6.45, 7) is -0.0353. The van der Waals surface area contributed by atoms with Crippen molar-refractivity contribution in [1.82, 2.24) is 15.1 Å². The first-order chi connectivity index (χ1) is 18.2. The molecule has 1 aromatic heterocycles. The summed E-state index contributed by atoms with van der Waals surface area (Å²) in [6.07, 6.45) is 4.78. The molecule has 4 aromatic rings. The number of anilines is 1. The predicted molar refractivity (Wildman–Crippen MR) is 146 cm³/mol. The van der Waals surface area contributed by atoms with Crippen molar-refractivity contribution < 1.29 is 18.3 Å². The summed E-state index contributed by atoms with van der Waals surface area (Å²) in [6, 6.07) is 20.6. The number of H-pyrrole nitrogens is 1. The van der Waals surface area contributed by atoms with Crippen molar-refractivity contribution in [2.24, 2.45) is 5.41 Å². The van der Waals surface area contributed by atoms with Crippen LogP contribution >= 0.6 is 0 Å². The first-order valence-electron chi connectivity index (χ1n) is 12.5. The summed E-state index contributed by atoms with van der Waals surface area (Å²) < 4.78 is 29.1. The number of alkyl halides is 2. The maximum absolute atomic E-state index is 13.0. The average molecular weight is 517 g/mol. The van der Waals surface area contributed by atoms with E-state index in [1.54, 1.807) is 12.1 Å². The van der Waals surface area contributed by atoms with Gasteiger partial charge in [0.25, 0.3) is 0 Å². The third kappa shape index (κ3) is 5.60. The molecule has 8 heteroatoms. The molecule has 1 amide bonds. The highest BCUT2D eigenvalue weighted by Crippen LogP contribution is 2.59. The van der Waals surface area contributed by atoms with Crippen LogP contribution in [0.1, 0.15) is 41.6 Å². The van der Waals surface area contributed by atoms with Crippen molar-refractivity contribution in [3.63, 3.8) is 0 Å². The van der Waals surface area contributed by atoms with Gasteiger partial charge in [0, 0.05) is 17.6 Å². The molecular weight excluding hydrogens is 486 g/mol. The summed E-state index contributed by atoms with van der Waals surface area (Å²) >= 11 is 0. The molecule has 0 bridgehead atoms. The molecular formula is C30H30F2N4O2. The largest absolute Gasteiger partial charge is 0.435 e. The van der Waals surface area contributed by atoms with E-state index < -0.39 is 12.0 Å². The van der Waals surface area contributed by atoms with Crippen molar-refractivity contribution in [3.05, 3.63) is 89.1 Å². The van der Waals surface area contributed by atoms with Gasteiger partial charge in [-0.3, -0.25) is 9.89 Å². The van der Waals surface area contributed by atoms with E-state index in [1.165, 1.54) is 17.7 Å². The zero-order chi connectivity index (χ0) is 26.9. The number of carbonyl (C=O) groups is 1. The number of rotatable bonds is 9. The number of fused-ring (bicyclic) bond motifs is 1. The second-order valence-corrected chi connectivity index (χ2v) is 10.3. The Labute approximate surface area is 220 Å². The number of ether oxygens (including phenoxy) is 1. The monoisotopic (exact) mass is 516 g/mol. The molecule has 2 atom stereocenters. The van der Waals surface area contributed by atoms with Crippen LogP contribution in [0, 0.1) is 5.41 Å². The third-order valence-corrected chi connectivity index (χ3v) is 7.02. The Hall–Kier alpha value is -4.04. The molecule has 1 aliphatic carbocycles. The fourth-order valence-corrected chi connectivity index (χ4v) is 4.77. The number of hydrogen-bond acceptors (Lipinski definition) is 4. The Bertz CT molecular complexity index is 1460. The van der Waals surface area contributed by atoms with E-state index in [2.05, 4.69) is 81.7 Å². The molecule has 3 aromatic carbocycles. The van der Waals surface area contributed by atoms with Crippen LogP contribution in [0.2, 0.25) is 0 Å². The lowest BCUT2D eigenvalue weighted by Gasteiger charge is -2.13. The first kappa shape index (κ1) is 25.6. The number of nitrogens with one attached hydrogen (secondary N) is 2. The van der Waals surface area contributed by atoms with Gasteiger partial charge in [-0.15, -0.1) is 0 Å². The van der Waals surface area contributed by atoms with E-state index in [4.69, 9.17) is 0 Å². The predicted octanol–water partition coefficient (Wildman–Crippen LogP) is 6.53. The van der Waals surface area contributed by atoms with E-state index in [-0.39, 0.29) is 17.6 Å². The molecule has 5 rings (SSSR count). The lowest BCUT2D eigenvalue weighted by atomic mass is 9.99. The van der Waals surface area contributed by atoms with Crippen molar-refractivity contribution in [2.45, 2.75) is 32.4 Å². The third-order valence-electron chi connectivity index (χ3n) is 7.02. The Balaban J connectivity index is 1.24. The number of aromatic nitrogens is 2. The SMILES string of the molecule is CN(C)Cc1ccc(/C=C/c2n[nH]c3cc([C@@H]4C[C@@]4(C)C(=O)Nc4ccc(OC(F)F)cc4)ccc23)cc1. The zero-order valence-electron chi connectivity index (χ0n) is 21.5. The quantitative estimate of drug-likeness (QED) is 0.265. The normalized spacial score (nSPS) is 19.0. The fraction of sp³-hybridized carbons (Fsp3) is 0.267. The molecule has 1 aliphatic rings. The topological polar surface area (TPSA) is 70.2 Å². The maximum Gasteiger partial charge on any atom is 0.387 e. The van der Waals surface area contributed by atoms with E-state index in [0.717, 1.165) is 40.7 Å². The molecule has 38 heavy (non-hydrogen) atoms. The van der Waals surface area contributed by atoms with Gasteiger partial charge in [-0.1, -0.05) is 49.4 Å². The van der Waals surface area contributed by atoms with Gasteiger partial charge in [0.2, 0.25) is 5.91 Å². The van der Waals surface area contributed by atoms with E-state index in [9.17, 15) is 13.6 Å². The Morgan fingerprint density at radius 3 is 2.55 bits per heavy atom. The Morgan fingerprint density at radius 1 is 1.13 bits per heavy atom.